The van der Waals surface area contributed by atoms with Crippen LogP contribution < -0.4 is 10.0 Å². The van der Waals surface area contributed by atoms with Gasteiger partial charge in [0.05, 0.1) is 0 Å². The Kier molecular flexibility index (Phi) is 6.19. The summed E-state index contributed by atoms with van der Waals surface area (Å²) in [5, 5.41) is 4.92. The first-order valence-electron chi connectivity index (χ1n) is 7.41. The molecule has 2 heterocycles. The van der Waals surface area contributed by atoms with Crippen molar-refractivity contribution in [2.45, 2.75) is 30.0 Å². The molecule has 5 nitrogen and oxygen atoms in total. The second-order valence-electron chi connectivity index (χ2n) is 5.74. The Labute approximate surface area is 131 Å². The third kappa shape index (κ3) is 5.03. The molecule has 120 valence electrons. The molecule has 21 heavy (non-hydrogen) atoms. The summed E-state index contributed by atoms with van der Waals surface area (Å²) in [6, 6.07) is 1.75. The van der Waals surface area contributed by atoms with E-state index in [0.717, 1.165) is 25.1 Å². The highest BCUT2D eigenvalue weighted by atomic mass is 32.2. The number of piperidine rings is 1. The molecule has 2 rings (SSSR count). The summed E-state index contributed by atoms with van der Waals surface area (Å²) in [6.45, 7) is 3.48. The first-order valence-corrected chi connectivity index (χ1v) is 9.78. The minimum atomic E-state index is -3.34. The minimum Gasteiger partial charge on any atom is -0.316 e. The fourth-order valence-electron chi connectivity index (χ4n) is 2.61. The van der Waals surface area contributed by atoms with Crippen LogP contribution in [0.1, 0.15) is 24.8 Å². The lowest BCUT2D eigenvalue weighted by Gasteiger charge is -2.28. The van der Waals surface area contributed by atoms with E-state index in [1.54, 1.807) is 6.07 Å². The van der Waals surface area contributed by atoms with Crippen molar-refractivity contribution in [2.24, 2.45) is 5.92 Å². The van der Waals surface area contributed by atoms with Crippen molar-refractivity contribution in [1.82, 2.24) is 14.9 Å². The Balaban J connectivity index is 1.80. The van der Waals surface area contributed by atoms with Gasteiger partial charge in [0.25, 0.3) is 0 Å². The summed E-state index contributed by atoms with van der Waals surface area (Å²) in [6.07, 6.45) is 3.27. The van der Waals surface area contributed by atoms with Crippen molar-refractivity contribution < 1.29 is 8.42 Å². The summed E-state index contributed by atoms with van der Waals surface area (Å²) in [5.41, 5.74) is 1.01. The van der Waals surface area contributed by atoms with E-state index in [9.17, 15) is 8.42 Å². The molecule has 1 aliphatic heterocycles. The van der Waals surface area contributed by atoms with Crippen LogP contribution in [0.5, 0.6) is 0 Å². The van der Waals surface area contributed by atoms with Gasteiger partial charge in [0.15, 0.2) is 0 Å². The maximum atomic E-state index is 12.2. The molecule has 0 saturated carbocycles. The van der Waals surface area contributed by atoms with Crippen LogP contribution in [0.2, 0.25) is 0 Å². The number of rotatable bonds is 7. The van der Waals surface area contributed by atoms with E-state index < -0.39 is 10.0 Å². The molecule has 1 aromatic heterocycles. The Morgan fingerprint density at radius 1 is 1.38 bits per heavy atom. The van der Waals surface area contributed by atoms with Crippen LogP contribution in [0, 0.1) is 5.92 Å². The lowest BCUT2D eigenvalue weighted by atomic mass is 9.94. The first-order chi connectivity index (χ1) is 10.0. The van der Waals surface area contributed by atoms with Crippen LogP contribution in [0.15, 0.2) is 15.7 Å². The van der Waals surface area contributed by atoms with E-state index >= 15 is 0 Å². The minimum absolute atomic E-state index is 0.413. The fourth-order valence-corrected chi connectivity index (χ4v) is 4.91. The Hall–Kier alpha value is -0.470. The van der Waals surface area contributed by atoms with Gasteiger partial charge in [-0.15, -0.1) is 11.3 Å². The van der Waals surface area contributed by atoms with Crippen LogP contribution in [0.4, 0.5) is 0 Å². The van der Waals surface area contributed by atoms with Crippen LogP contribution >= 0.6 is 11.3 Å². The van der Waals surface area contributed by atoms with E-state index in [0.29, 0.717) is 23.2 Å². The molecule has 0 bridgehead atoms. The summed E-state index contributed by atoms with van der Waals surface area (Å²) in [5.74, 6) is 0.645. The quantitative estimate of drug-likeness (QED) is 0.794. The van der Waals surface area contributed by atoms with E-state index in [1.807, 2.05) is 12.4 Å². The van der Waals surface area contributed by atoms with Gasteiger partial charge >= 0.3 is 0 Å². The van der Waals surface area contributed by atoms with Crippen molar-refractivity contribution >= 4 is 21.4 Å². The highest BCUT2D eigenvalue weighted by molar-refractivity contribution is 7.91. The Bertz CT molecular complexity index is 534. The molecule has 0 atom stereocenters. The normalized spacial score (nSPS) is 18.2. The predicted octanol–water partition coefficient (Wildman–Crippen LogP) is 1.48. The maximum Gasteiger partial charge on any atom is 0.250 e. The summed E-state index contributed by atoms with van der Waals surface area (Å²) in [4.78, 5) is 2.33. The molecule has 0 radical (unpaired) electrons. The van der Waals surface area contributed by atoms with Crippen LogP contribution in [-0.2, 0) is 16.6 Å². The van der Waals surface area contributed by atoms with Crippen molar-refractivity contribution in [3.63, 3.8) is 0 Å². The van der Waals surface area contributed by atoms with Crippen molar-refractivity contribution in [2.75, 3.05) is 33.7 Å². The lowest BCUT2D eigenvalue weighted by Crippen LogP contribution is -2.32. The molecule has 1 saturated heterocycles. The molecule has 2 N–H and O–H groups in total. The third-order valence-corrected chi connectivity index (χ3v) is 6.91. The molecule has 0 aromatic carbocycles. The zero-order valence-electron chi connectivity index (χ0n) is 12.8. The number of hydrogen-bond donors (Lipinski definition) is 2. The molecule has 1 aliphatic rings. The average Bonchev–Trinajstić information content (AvgIpc) is 2.91. The topological polar surface area (TPSA) is 61.4 Å². The summed E-state index contributed by atoms with van der Waals surface area (Å²) < 4.78 is 27.6. The van der Waals surface area contributed by atoms with Gasteiger partial charge in [0.2, 0.25) is 10.0 Å². The molecule has 0 aliphatic carbocycles. The highest BCUT2D eigenvalue weighted by Gasteiger charge is 2.19. The second-order valence-corrected chi connectivity index (χ2v) is 8.64. The Morgan fingerprint density at radius 3 is 2.76 bits per heavy atom. The van der Waals surface area contributed by atoms with Gasteiger partial charge in [-0.2, -0.15) is 0 Å². The second kappa shape index (κ2) is 7.69. The highest BCUT2D eigenvalue weighted by Crippen LogP contribution is 2.21. The largest absolute Gasteiger partial charge is 0.316 e. The third-order valence-electron chi connectivity index (χ3n) is 3.96. The standard InChI is InChI=1S/C14H25N3O2S2/c1-15-10-13-9-14(20-11-13)21(18,19)16-6-3-12-4-7-17(2)8-5-12/h9,11-12,15-16H,3-8,10H2,1-2H3. The molecular formula is C14H25N3O2S2. The van der Waals surface area contributed by atoms with Crippen LogP contribution in [0.3, 0.4) is 0 Å². The van der Waals surface area contributed by atoms with Gasteiger partial charge < -0.3 is 10.2 Å². The van der Waals surface area contributed by atoms with Crippen LogP contribution in [-0.4, -0.2) is 47.0 Å². The Morgan fingerprint density at radius 2 is 2.10 bits per heavy atom. The van der Waals surface area contributed by atoms with Gasteiger partial charge in [0, 0.05) is 13.1 Å². The van der Waals surface area contributed by atoms with Crippen molar-refractivity contribution in [3.8, 4) is 0 Å². The van der Waals surface area contributed by atoms with Crippen molar-refractivity contribution in [1.29, 1.82) is 0 Å². The molecule has 0 unspecified atom stereocenters. The van der Waals surface area contributed by atoms with Gasteiger partial charge in [-0.1, -0.05) is 0 Å². The maximum absolute atomic E-state index is 12.2. The number of thiophene rings is 1. The number of nitrogens with zero attached hydrogens (tertiary/aromatic N) is 1. The van der Waals surface area contributed by atoms with Crippen LogP contribution in [0.25, 0.3) is 0 Å². The molecule has 0 amide bonds. The SMILES string of the molecule is CNCc1csc(S(=O)(=O)NCCC2CCN(C)CC2)c1. The summed E-state index contributed by atoms with van der Waals surface area (Å²) in [7, 11) is 0.651. The van der Waals surface area contributed by atoms with Gasteiger partial charge in [-0.25, -0.2) is 13.1 Å². The smallest absolute Gasteiger partial charge is 0.250 e. The number of sulfonamides is 1. The summed E-state index contributed by atoms with van der Waals surface area (Å²) >= 11 is 1.29. The predicted molar refractivity (Wildman–Crippen MR) is 87.1 cm³/mol. The van der Waals surface area contributed by atoms with Gasteiger partial charge in [-0.3, -0.25) is 0 Å². The van der Waals surface area contributed by atoms with E-state index in [2.05, 4.69) is 22.0 Å². The molecule has 1 fully saturated rings. The first kappa shape index (κ1) is 16.9. The van der Waals surface area contributed by atoms with E-state index in [4.69, 9.17) is 0 Å². The molecule has 7 heteroatoms. The van der Waals surface area contributed by atoms with E-state index in [-0.39, 0.29) is 0 Å². The fraction of sp³-hybridized carbons (Fsp3) is 0.714. The number of hydrogen-bond acceptors (Lipinski definition) is 5. The van der Waals surface area contributed by atoms with Crippen molar-refractivity contribution in [3.05, 3.63) is 17.0 Å². The molecule has 1 aromatic rings. The van der Waals surface area contributed by atoms with Gasteiger partial charge in [-0.05, 0) is 69.4 Å². The average molecular weight is 332 g/mol. The molecular weight excluding hydrogens is 306 g/mol. The lowest BCUT2D eigenvalue weighted by molar-refractivity contribution is 0.213. The van der Waals surface area contributed by atoms with Gasteiger partial charge in [0.1, 0.15) is 4.21 Å². The number of likely N-dealkylation sites (tertiary alicyclic amines) is 1. The zero-order valence-corrected chi connectivity index (χ0v) is 14.4. The zero-order chi connectivity index (χ0) is 15.3. The van der Waals surface area contributed by atoms with E-state index in [1.165, 1.54) is 24.2 Å². The monoisotopic (exact) mass is 331 g/mol. The molecule has 0 spiro atoms. The number of nitrogens with one attached hydrogen (secondary N) is 2.